The highest BCUT2D eigenvalue weighted by atomic mass is 16.5. The van der Waals surface area contributed by atoms with Gasteiger partial charge in [0.05, 0.1) is 0 Å². The number of hydrogen-bond acceptors (Lipinski definition) is 8. The van der Waals surface area contributed by atoms with Crippen LogP contribution in [0.25, 0.3) is 0 Å². The molecule has 5 N–H and O–H groups in total. The normalized spacial score (nSPS) is 11.8. The van der Waals surface area contributed by atoms with E-state index in [0.29, 0.717) is 5.56 Å². The SMILES string of the molecule is Cc1cccc(C(=O)NC(C(=O)OCc2nc(N)nc(N)n2)C(C)C)c1. The predicted octanol–water partition coefficient (Wildman–Crippen LogP) is 0.842. The average molecular weight is 358 g/mol. The van der Waals surface area contributed by atoms with Crippen LogP contribution in [0.15, 0.2) is 24.3 Å². The summed E-state index contributed by atoms with van der Waals surface area (Å²) < 4.78 is 5.20. The zero-order valence-electron chi connectivity index (χ0n) is 14.9. The third-order valence-corrected chi connectivity index (χ3v) is 3.55. The molecule has 0 saturated heterocycles. The fourth-order valence-corrected chi connectivity index (χ4v) is 2.26. The second kappa shape index (κ2) is 8.24. The Morgan fingerprint density at radius 3 is 2.38 bits per heavy atom. The van der Waals surface area contributed by atoms with Gasteiger partial charge in [0.1, 0.15) is 6.04 Å². The molecular weight excluding hydrogens is 336 g/mol. The first-order chi connectivity index (χ1) is 12.3. The van der Waals surface area contributed by atoms with Gasteiger partial charge in [0.25, 0.3) is 5.91 Å². The van der Waals surface area contributed by atoms with Crippen molar-refractivity contribution in [3.05, 3.63) is 41.2 Å². The summed E-state index contributed by atoms with van der Waals surface area (Å²) in [4.78, 5) is 36.1. The van der Waals surface area contributed by atoms with E-state index < -0.39 is 12.0 Å². The fraction of sp³-hybridized carbons (Fsp3) is 0.353. The summed E-state index contributed by atoms with van der Waals surface area (Å²) in [6.45, 7) is 5.28. The van der Waals surface area contributed by atoms with Crippen molar-refractivity contribution in [1.82, 2.24) is 20.3 Å². The third-order valence-electron chi connectivity index (χ3n) is 3.55. The second-order valence-corrected chi connectivity index (χ2v) is 6.14. The van der Waals surface area contributed by atoms with Crippen molar-refractivity contribution < 1.29 is 14.3 Å². The number of ether oxygens (including phenoxy) is 1. The Balaban J connectivity index is 2.03. The number of aryl methyl sites for hydroxylation is 1. The standard InChI is InChI=1S/C17H22N6O3/c1-9(2)13(22-14(24)11-6-4-5-10(3)7-11)15(25)26-8-12-20-16(18)23-17(19)21-12/h4-7,9,13H,8H2,1-3H3,(H,22,24)(H4,18,19,20,21,23). The number of anilines is 2. The molecule has 0 saturated carbocycles. The van der Waals surface area contributed by atoms with Crippen LogP contribution in [-0.4, -0.2) is 32.9 Å². The van der Waals surface area contributed by atoms with Crippen LogP contribution >= 0.6 is 0 Å². The van der Waals surface area contributed by atoms with E-state index >= 15 is 0 Å². The highest BCUT2D eigenvalue weighted by molar-refractivity contribution is 5.97. The Morgan fingerprint density at radius 2 is 1.81 bits per heavy atom. The molecule has 1 amide bonds. The van der Waals surface area contributed by atoms with Crippen molar-refractivity contribution in [2.24, 2.45) is 5.92 Å². The first kappa shape index (κ1) is 19.1. The van der Waals surface area contributed by atoms with Gasteiger partial charge >= 0.3 is 5.97 Å². The van der Waals surface area contributed by atoms with Crippen LogP contribution in [0.3, 0.4) is 0 Å². The molecule has 0 radical (unpaired) electrons. The molecule has 0 aliphatic carbocycles. The molecule has 1 aromatic heterocycles. The van der Waals surface area contributed by atoms with Crippen LogP contribution in [0.5, 0.6) is 0 Å². The van der Waals surface area contributed by atoms with Gasteiger partial charge < -0.3 is 21.5 Å². The molecule has 0 aliphatic heterocycles. The Labute approximate surface area is 151 Å². The fourth-order valence-electron chi connectivity index (χ4n) is 2.26. The molecule has 26 heavy (non-hydrogen) atoms. The highest BCUT2D eigenvalue weighted by Crippen LogP contribution is 2.10. The van der Waals surface area contributed by atoms with Crippen LogP contribution in [0.1, 0.15) is 35.6 Å². The molecule has 9 heteroatoms. The number of carbonyl (C=O) groups is 2. The van der Waals surface area contributed by atoms with Crippen molar-refractivity contribution >= 4 is 23.8 Å². The Hall–Kier alpha value is -3.23. The summed E-state index contributed by atoms with van der Waals surface area (Å²) >= 11 is 0. The summed E-state index contributed by atoms with van der Waals surface area (Å²) in [5, 5.41) is 2.70. The molecule has 9 nitrogen and oxygen atoms in total. The molecule has 1 atom stereocenters. The van der Waals surface area contributed by atoms with E-state index in [1.54, 1.807) is 32.0 Å². The van der Waals surface area contributed by atoms with Crippen molar-refractivity contribution in [3.8, 4) is 0 Å². The van der Waals surface area contributed by atoms with Crippen molar-refractivity contribution in [3.63, 3.8) is 0 Å². The lowest BCUT2D eigenvalue weighted by molar-refractivity contribution is -0.148. The Kier molecular flexibility index (Phi) is 6.05. The summed E-state index contributed by atoms with van der Waals surface area (Å²) in [5.41, 5.74) is 12.4. The molecule has 1 aromatic carbocycles. The lowest BCUT2D eigenvalue weighted by atomic mass is 10.0. The van der Waals surface area contributed by atoms with Gasteiger partial charge in [-0.1, -0.05) is 31.5 Å². The number of rotatable bonds is 6. The van der Waals surface area contributed by atoms with Gasteiger partial charge in [-0.25, -0.2) is 4.79 Å². The van der Waals surface area contributed by atoms with E-state index in [4.69, 9.17) is 16.2 Å². The Bertz CT molecular complexity index is 789. The largest absolute Gasteiger partial charge is 0.456 e. The highest BCUT2D eigenvalue weighted by Gasteiger charge is 2.26. The van der Waals surface area contributed by atoms with Crippen molar-refractivity contribution in [2.45, 2.75) is 33.4 Å². The maximum absolute atomic E-state index is 12.4. The topological polar surface area (TPSA) is 146 Å². The van der Waals surface area contributed by atoms with Gasteiger partial charge in [-0.15, -0.1) is 0 Å². The maximum Gasteiger partial charge on any atom is 0.329 e. The van der Waals surface area contributed by atoms with Gasteiger partial charge in [-0.2, -0.15) is 15.0 Å². The van der Waals surface area contributed by atoms with E-state index in [-0.39, 0.29) is 36.2 Å². The molecule has 0 aliphatic rings. The summed E-state index contributed by atoms with van der Waals surface area (Å²) in [6, 6.07) is 6.27. The van der Waals surface area contributed by atoms with E-state index in [0.717, 1.165) is 5.56 Å². The van der Waals surface area contributed by atoms with Crippen LogP contribution in [0, 0.1) is 12.8 Å². The smallest absolute Gasteiger partial charge is 0.329 e. The number of nitrogens with zero attached hydrogens (tertiary/aromatic N) is 3. The molecule has 2 rings (SSSR count). The molecule has 1 unspecified atom stereocenters. The van der Waals surface area contributed by atoms with E-state index in [9.17, 15) is 9.59 Å². The van der Waals surface area contributed by atoms with Gasteiger partial charge in [0.2, 0.25) is 11.9 Å². The van der Waals surface area contributed by atoms with E-state index in [1.165, 1.54) is 0 Å². The molecule has 138 valence electrons. The zero-order valence-corrected chi connectivity index (χ0v) is 14.9. The maximum atomic E-state index is 12.4. The number of aromatic nitrogens is 3. The number of nitrogens with two attached hydrogens (primary N) is 2. The van der Waals surface area contributed by atoms with Gasteiger partial charge in [0.15, 0.2) is 12.4 Å². The van der Waals surface area contributed by atoms with Crippen LogP contribution in [0.4, 0.5) is 11.9 Å². The summed E-state index contributed by atoms with van der Waals surface area (Å²) in [6.07, 6.45) is 0. The molecule has 2 aromatic rings. The summed E-state index contributed by atoms with van der Waals surface area (Å²) in [5.74, 6) is -1.11. The lowest BCUT2D eigenvalue weighted by Crippen LogP contribution is -2.45. The van der Waals surface area contributed by atoms with Gasteiger partial charge in [-0.3, -0.25) is 4.79 Å². The minimum Gasteiger partial charge on any atom is -0.456 e. The molecule has 0 fully saturated rings. The van der Waals surface area contributed by atoms with E-state index in [1.807, 2.05) is 13.0 Å². The Morgan fingerprint density at radius 1 is 1.15 bits per heavy atom. The predicted molar refractivity (Wildman–Crippen MR) is 95.7 cm³/mol. The summed E-state index contributed by atoms with van der Waals surface area (Å²) in [7, 11) is 0. The monoisotopic (exact) mass is 358 g/mol. The first-order valence-electron chi connectivity index (χ1n) is 8.06. The molecule has 1 heterocycles. The number of benzene rings is 1. The number of nitrogen functional groups attached to an aromatic ring is 2. The zero-order chi connectivity index (χ0) is 19.3. The second-order valence-electron chi connectivity index (χ2n) is 6.14. The minimum atomic E-state index is -0.820. The minimum absolute atomic E-state index is 0.0586. The number of nitrogens with one attached hydrogen (secondary N) is 1. The molecule has 0 spiro atoms. The van der Waals surface area contributed by atoms with Gasteiger partial charge in [0, 0.05) is 5.56 Å². The van der Waals surface area contributed by atoms with Crippen LogP contribution < -0.4 is 16.8 Å². The quantitative estimate of drug-likeness (QED) is 0.644. The lowest BCUT2D eigenvalue weighted by Gasteiger charge is -2.20. The number of carbonyl (C=O) groups excluding carboxylic acids is 2. The van der Waals surface area contributed by atoms with Crippen LogP contribution in [0.2, 0.25) is 0 Å². The van der Waals surface area contributed by atoms with Gasteiger partial charge in [-0.05, 0) is 25.0 Å². The van der Waals surface area contributed by atoms with Crippen molar-refractivity contribution in [2.75, 3.05) is 11.5 Å². The number of hydrogen-bond donors (Lipinski definition) is 3. The van der Waals surface area contributed by atoms with Crippen molar-refractivity contribution in [1.29, 1.82) is 0 Å². The molecule has 0 bridgehead atoms. The number of esters is 1. The third kappa shape index (κ3) is 5.13. The first-order valence-corrected chi connectivity index (χ1v) is 8.06. The molecular formula is C17H22N6O3. The average Bonchev–Trinajstić information content (AvgIpc) is 2.56. The number of amides is 1. The van der Waals surface area contributed by atoms with E-state index in [2.05, 4.69) is 20.3 Å². The van der Waals surface area contributed by atoms with Crippen LogP contribution in [-0.2, 0) is 16.1 Å².